The number of ether oxygens (including phenoxy) is 1. The second kappa shape index (κ2) is 8.16. The molecule has 0 aromatic heterocycles. The topological polar surface area (TPSA) is 66.9 Å². The van der Waals surface area contributed by atoms with E-state index in [9.17, 15) is 13.2 Å². The quantitative estimate of drug-likeness (QED) is 0.699. The normalized spacial score (nSPS) is 11.2. The standard InChI is InChI=1S/C19H22N2O4S/c1-5-13-21(16-9-7-6-8-10-16)19(22)15-11-12-17(25-4)18(14-15)26(23,24)20(2)3/h5-12,14H,1,13H2,2-4H3. The molecule has 0 aliphatic carbocycles. The predicted molar refractivity (Wildman–Crippen MR) is 102 cm³/mol. The van der Waals surface area contributed by atoms with E-state index in [1.165, 1.54) is 38.2 Å². The number of para-hydroxylation sites is 1. The number of hydrogen-bond donors (Lipinski definition) is 0. The van der Waals surface area contributed by atoms with Crippen molar-refractivity contribution in [2.45, 2.75) is 4.90 Å². The highest BCUT2D eigenvalue weighted by atomic mass is 32.2. The molecule has 26 heavy (non-hydrogen) atoms. The summed E-state index contributed by atoms with van der Waals surface area (Å²) in [4.78, 5) is 14.5. The van der Waals surface area contributed by atoms with Crippen LogP contribution in [0.2, 0.25) is 0 Å². The SMILES string of the molecule is C=CCN(C(=O)c1ccc(OC)c(S(=O)(=O)N(C)C)c1)c1ccccc1. The van der Waals surface area contributed by atoms with Gasteiger partial charge >= 0.3 is 0 Å². The summed E-state index contributed by atoms with van der Waals surface area (Å²) in [6.07, 6.45) is 1.62. The van der Waals surface area contributed by atoms with Gasteiger partial charge in [0.2, 0.25) is 10.0 Å². The van der Waals surface area contributed by atoms with E-state index < -0.39 is 10.0 Å². The lowest BCUT2D eigenvalue weighted by atomic mass is 10.1. The fourth-order valence-electron chi connectivity index (χ4n) is 2.41. The largest absolute Gasteiger partial charge is 0.495 e. The van der Waals surface area contributed by atoms with Crippen molar-refractivity contribution < 1.29 is 17.9 Å². The van der Waals surface area contributed by atoms with Crippen LogP contribution in [0, 0.1) is 0 Å². The van der Waals surface area contributed by atoms with Gasteiger partial charge in [0.05, 0.1) is 7.11 Å². The zero-order valence-corrected chi connectivity index (χ0v) is 15.9. The van der Waals surface area contributed by atoms with E-state index in [0.29, 0.717) is 12.2 Å². The van der Waals surface area contributed by atoms with Crippen molar-refractivity contribution in [3.8, 4) is 5.75 Å². The molecule has 0 aliphatic heterocycles. The molecule has 0 unspecified atom stereocenters. The summed E-state index contributed by atoms with van der Waals surface area (Å²) in [6.45, 7) is 3.99. The molecule has 0 bridgehead atoms. The zero-order chi connectivity index (χ0) is 19.3. The maximum atomic E-state index is 13.0. The number of sulfonamides is 1. The van der Waals surface area contributed by atoms with Gasteiger partial charge < -0.3 is 9.64 Å². The van der Waals surface area contributed by atoms with Crippen LogP contribution in [-0.2, 0) is 10.0 Å². The van der Waals surface area contributed by atoms with E-state index in [2.05, 4.69) is 6.58 Å². The monoisotopic (exact) mass is 374 g/mol. The van der Waals surface area contributed by atoms with Gasteiger partial charge in [0.25, 0.3) is 5.91 Å². The van der Waals surface area contributed by atoms with Crippen molar-refractivity contribution in [1.29, 1.82) is 0 Å². The van der Waals surface area contributed by atoms with E-state index in [-0.39, 0.29) is 22.1 Å². The van der Waals surface area contributed by atoms with Crippen LogP contribution >= 0.6 is 0 Å². The molecule has 0 fully saturated rings. The summed E-state index contributed by atoms with van der Waals surface area (Å²) in [5.74, 6) is -0.140. The first kappa shape index (κ1) is 19.7. The summed E-state index contributed by atoms with van der Waals surface area (Å²) in [6, 6.07) is 13.5. The van der Waals surface area contributed by atoms with Crippen molar-refractivity contribution >= 4 is 21.6 Å². The minimum Gasteiger partial charge on any atom is -0.495 e. The van der Waals surface area contributed by atoms with Crippen molar-refractivity contribution in [2.24, 2.45) is 0 Å². The number of rotatable bonds is 7. The molecule has 2 rings (SSSR count). The Balaban J connectivity index is 2.53. The number of hydrogen-bond acceptors (Lipinski definition) is 4. The zero-order valence-electron chi connectivity index (χ0n) is 15.0. The van der Waals surface area contributed by atoms with E-state index >= 15 is 0 Å². The molecular weight excluding hydrogens is 352 g/mol. The van der Waals surface area contributed by atoms with Crippen molar-refractivity contribution in [3.05, 3.63) is 66.7 Å². The van der Waals surface area contributed by atoms with Gasteiger partial charge in [0.15, 0.2) is 0 Å². The number of benzene rings is 2. The fraction of sp³-hybridized carbons (Fsp3) is 0.211. The molecule has 138 valence electrons. The second-order valence-corrected chi connectivity index (χ2v) is 7.81. The Labute approximate surface area is 154 Å². The Kier molecular flexibility index (Phi) is 6.18. The molecule has 0 aliphatic rings. The lowest BCUT2D eigenvalue weighted by Crippen LogP contribution is -2.31. The third-order valence-electron chi connectivity index (χ3n) is 3.79. The van der Waals surface area contributed by atoms with Crippen molar-refractivity contribution in [2.75, 3.05) is 32.6 Å². The van der Waals surface area contributed by atoms with Gasteiger partial charge in [-0.1, -0.05) is 24.3 Å². The molecule has 0 spiro atoms. The van der Waals surface area contributed by atoms with Crippen molar-refractivity contribution in [1.82, 2.24) is 4.31 Å². The maximum Gasteiger partial charge on any atom is 0.258 e. The highest BCUT2D eigenvalue weighted by Gasteiger charge is 2.25. The molecule has 0 atom stereocenters. The van der Waals surface area contributed by atoms with Crippen LogP contribution < -0.4 is 9.64 Å². The number of nitrogens with zero attached hydrogens (tertiary/aromatic N) is 2. The molecular formula is C19H22N2O4S. The van der Waals surface area contributed by atoms with Gasteiger partial charge in [-0.25, -0.2) is 12.7 Å². The van der Waals surface area contributed by atoms with Crippen LogP contribution in [0.3, 0.4) is 0 Å². The highest BCUT2D eigenvalue weighted by Crippen LogP contribution is 2.28. The number of amides is 1. The minimum absolute atomic E-state index is 0.0533. The number of carbonyl (C=O) groups is 1. The van der Waals surface area contributed by atoms with Gasteiger partial charge in [0.1, 0.15) is 10.6 Å². The van der Waals surface area contributed by atoms with Crippen LogP contribution in [0.1, 0.15) is 10.4 Å². The molecule has 0 radical (unpaired) electrons. The minimum atomic E-state index is -3.76. The third-order valence-corrected chi connectivity index (χ3v) is 5.63. The highest BCUT2D eigenvalue weighted by molar-refractivity contribution is 7.89. The fourth-order valence-corrected chi connectivity index (χ4v) is 3.48. The molecule has 1 amide bonds. The molecule has 0 saturated carbocycles. The molecule has 0 N–H and O–H groups in total. The van der Waals surface area contributed by atoms with Gasteiger partial charge in [-0.15, -0.1) is 6.58 Å². The summed E-state index contributed by atoms with van der Waals surface area (Å²) in [5.41, 5.74) is 0.946. The van der Waals surface area contributed by atoms with Gasteiger partial charge in [-0.2, -0.15) is 0 Å². The summed E-state index contributed by atoms with van der Waals surface area (Å²) in [5, 5.41) is 0. The molecule has 6 nitrogen and oxygen atoms in total. The summed E-state index contributed by atoms with van der Waals surface area (Å²) in [7, 11) is 0.483. The number of carbonyl (C=O) groups excluding carboxylic acids is 1. The maximum absolute atomic E-state index is 13.0. The van der Waals surface area contributed by atoms with Crippen molar-refractivity contribution in [3.63, 3.8) is 0 Å². The molecule has 7 heteroatoms. The Hall–Kier alpha value is -2.64. The first-order valence-corrected chi connectivity index (χ1v) is 9.35. The summed E-state index contributed by atoms with van der Waals surface area (Å²) < 4.78 is 31.4. The Bertz CT molecular complexity index is 893. The smallest absolute Gasteiger partial charge is 0.258 e. The predicted octanol–water partition coefficient (Wildman–Crippen LogP) is 2.78. The number of anilines is 1. The third kappa shape index (κ3) is 3.95. The molecule has 0 saturated heterocycles. The van der Waals surface area contributed by atoms with Crippen LogP contribution in [0.15, 0.2) is 66.1 Å². The van der Waals surface area contributed by atoms with E-state index in [0.717, 1.165) is 4.31 Å². The lowest BCUT2D eigenvalue weighted by Gasteiger charge is -2.22. The lowest BCUT2D eigenvalue weighted by molar-refractivity contribution is 0.0989. The van der Waals surface area contributed by atoms with Crippen LogP contribution in [-0.4, -0.2) is 46.4 Å². The number of methoxy groups -OCH3 is 1. The first-order valence-electron chi connectivity index (χ1n) is 7.91. The molecule has 2 aromatic rings. The summed E-state index contributed by atoms with van der Waals surface area (Å²) >= 11 is 0. The Morgan fingerprint density at radius 1 is 1.15 bits per heavy atom. The average molecular weight is 374 g/mol. The molecule has 0 heterocycles. The van der Waals surface area contributed by atoms with E-state index in [1.807, 2.05) is 30.3 Å². The average Bonchev–Trinajstić information content (AvgIpc) is 2.65. The second-order valence-electron chi connectivity index (χ2n) is 5.69. The first-order chi connectivity index (χ1) is 12.3. The Morgan fingerprint density at radius 3 is 2.35 bits per heavy atom. The van der Waals surface area contributed by atoms with Gasteiger partial charge in [0, 0.05) is 31.9 Å². The van der Waals surface area contributed by atoms with Crippen LogP contribution in [0.4, 0.5) is 5.69 Å². The molecule has 2 aromatic carbocycles. The van der Waals surface area contributed by atoms with Gasteiger partial charge in [-0.05, 0) is 30.3 Å². The van der Waals surface area contributed by atoms with Gasteiger partial charge in [-0.3, -0.25) is 4.79 Å². The van der Waals surface area contributed by atoms with E-state index in [4.69, 9.17) is 4.74 Å². The Morgan fingerprint density at radius 2 is 1.81 bits per heavy atom. The van der Waals surface area contributed by atoms with Crippen LogP contribution in [0.5, 0.6) is 5.75 Å². The van der Waals surface area contributed by atoms with Crippen LogP contribution in [0.25, 0.3) is 0 Å². The van der Waals surface area contributed by atoms with E-state index in [1.54, 1.807) is 12.1 Å².